The predicted molar refractivity (Wildman–Crippen MR) is 79.3 cm³/mol. The maximum absolute atomic E-state index is 12.8. The molecule has 3 rings (SSSR count). The molecule has 0 spiro atoms. The first-order valence-electron chi connectivity index (χ1n) is 6.79. The Morgan fingerprint density at radius 2 is 2.35 bits per heavy atom. The van der Waals surface area contributed by atoms with Crippen molar-refractivity contribution in [2.75, 3.05) is 6.54 Å². The number of aromatic amines is 1. The lowest BCUT2D eigenvalue weighted by Crippen LogP contribution is -2.39. The van der Waals surface area contributed by atoms with E-state index in [1.54, 1.807) is 6.20 Å². The van der Waals surface area contributed by atoms with E-state index >= 15 is 0 Å². The number of nitrogens with one attached hydrogen (secondary N) is 1. The molecule has 5 nitrogen and oxygen atoms in total. The monoisotopic (exact) mass is 336 g/mol. The molecule has 106 valence electrons. The van der Waals surface area contributed by atoms with E-state index in [-0.39, 0.29) is 11.9 Å². The zero-order valence-corrected chi connectivity index (χ0v) is 12.9. The van der Waals surface area contributed by atoms with Crippen molar-refractivity contribution in [3.63, 3.8) is 0 Å². The molecule has 0 unspecified atom stereocenters. The van der Waals surface area contributed by atoms with Crippen molar-refractivity contribution in [3.05, 3.63) is 40.6 Å². The van der Waals surface area contributed by atoms with Crippen LogP contribution in [0.15, 0.2) is 29.1 Å². The van der Waals surface area contributed by atoms with Crippen molar-refractivity contribution in [3.8, 4) is 0 Å². The van der Waals surface area contributed by atoms with Crippen LogP contribution in [0.2, 0.25) is 0 Å². The topological polar surface area (TPSA) is 53.9 Å². The van der Waals surface area contributed by atoms with Gasteiger partial charge in [0.1, 0.15) is 11.5 Å². The van der Waals surface area contributed by atoms with E-state index in [9.17, 15) is 4.79 Å². The number of hydrogen-bond donors (Lipinski definition) is 1. The average Bonchev–Trinajstić information content (AvgIpc) is 3.07. The second-order valence-corrected chi connectivity index (χ2v) is 6.05. The number of aromatic nitrogens is 3. The smallest absolute Gasteiger partial charge is 0.271 e. The average molecular weight is 337 g/mol. The van der Waals surface area contributed by atoms with E-state index in [2.05, 4.69) is 25.9 Å². The van der Waals surface area contributed by atoms with Crippen LogP contribution in [0, 0.1) is 0 Å². The molecule has 1 atom stereocenters. The number of hydrogen-bond acceptors (Lipinski definition) is 2. The van der Waals surface area contributed by atoms with Gasteiger partial charge in [0, 0.05) is 36.7 Å². The van der Waals surface area contributed by atoms with Crippen molar-refractivity contribution >= 4 is 21.8 Å². The van der Waals surface area contributed by atoms with E-state index in [0.717, 1.165) is 36.1 Å². The van der Waals surface area contributed by atoms with Crippen LogP contribution >= 0.6 is 15.9 Å². The molecule has 0 aliphatic carbocycles. The molecule has 1 fully saturated rings. The molecule has 1 aliphatic heterocycles. The minimum absolute atomic E-state index is 0.0555. The summed E-state index contributed by atoms with van der Waals surface area (Å²) in [5.74, 6) is 0.950. The summed E-state index contributed by atoms with van der Waals surface area (Å²) in [5.41, 5.74) is 0.704. The van der Waals surface area contributed by atoms with Crippen molar-refractivity contribution in [1.82, 2.24) is 19.4 Å². The third kappa shape index (κ3) is 2.40. The lowest BCUT2D eigenvalue weighted by atomic mass is 10.0. The van der Waals surface area contributed by atoms with Crippen LogP contribution in [0.4, 0.5) is 0 Å². The van der Waals surface area contributed by atoms with Crippen LogP contribution in [0.1, 0.15) is 41.6 Å². The zero-order chi connectivity index (χ0) is 14.1. The maximum atomic E-state index is 12.8. The third-order valence-corrected chi connectivity index (χ3v) is 4.22. The lowest BCUT2D eigenvalue weighted by Gasteiger charge is -2.34. The highest BCUT2D eigenvalue weighted by molar-refractivity contribution is 9.10. The third-order valence-electron chi connectivity index (χ3n) is 3.79. The van der Waals surface area contributed by atoms with Gasteiger partial charge in [-0.05, 0) is 41.3 Å². The molecule has 1 saturated heterocycles. The van der Waals surface area contributed by atoms with E-state index in [0.29, 0.717) is 5.69 Å². The van der Waals surface area contributed by atoms with E-state index in [1.807, 2.05) is 35.0 Å². The van der Waals surface area contributed by atoms with Gasteiger partial charge in [0.15, 0.2) is 0 Å². The van der Waals surface area contributed by atoms with Gasteiger partial charge < -0.3 is 14.5 Å². The Labute approximate surface area is 126 Å². The van der Waals surface area contributed by atoms with Gasteiger partial charge in [-0.1, -0.05) is 0 Å². The van der Waals surface area contributed by atoms with Crippen molar-refractivity contribution in [1.29, 1.82) is 0 Å². The molecule has 0 aromatic carbocycles. The number of rotatable bonds is 2. The first-order chi connectivity index (χ1) is 9.66. The maximum Gasteiger partial charge on any atom is 0.271 e. The number of H-pyrrole nitrogens is 1. The molecule has 0 radical (unpaired) electrons. The minimum Gasteiger partial charge on any atom is -0.347 e. The van der Waals surface area contributed by atoms with Crippen LogP contribution < -0.4 is 0 Å². The quantitative estimate of drug-likeness (QED) is 0.916. The number of carbonyl (C=O) groups excluding carboxylic acids is 1. The van der Waals surface area contributed by atoms with Crippen LogP contribution in [0.25, 0.3) is 0 Å². The molecular weight excluding hydrogens is 320 g/mol. The van der Waals surface area contributed by atoms with Crippen LogP contribution in [-0.2, 0) is 7.05 Å². The van der Waals surface area contributed by atoms with Gasteiger partial charge in [0.2, 0.25) is 0 Å². The Morgan fingerprint density at radius 3 is 3.00 bits per heavy atom. The van der Waals surface area contributed by atoms with Crippen molar-refractivity contribution in [2.24, 2.45) is 7.05 Å². The second kappa shape index (κ2) is 5.44. The second-order valence-electron chi connectivity index (χ2n) is 5.14. The Morgan fingerprint density at radius 1 is 1.50 bits per heavy atom. The molecule has 2 aromatic heterocycles. The summed E-state index contributed by atoms with van der Waals surface area (Å²) in [6.07, 6.45) is 8.60. The zero-order valence-electron chi connectivity index (χ0n) is 11.3. The fraction of sp³-hybridized carbons (Fsp3) is 0.429. The molecule has 0 saturated carbocycles. The first kappa shape index (κ1) is 13.4. The molecule has 2 aromatic rings. The van der Waals surface area contributed by atoms with Gasteiger partial charge in [0.05, 0.1) is 6.04 Å². The highest BCUT2D eigenvalue weighted by Gasteiger charge is 2.31. The van der Waals surface area contributed by atoms with Crippen LogP contribution in [0.3, 0.4) is 0 Å². The number of amides is 1. The van der Waals surface area contributed by atoms with Gasteiger partial charge in [-0.15, -0.1) is 0 Å². The molecule has 1 N–H and O–H groups in total. The number of nitrogens with zero attached hydrogens (tertiary/aromatic N) is 3. The summed E-state index contributed by atoms with van der Waals surface area (Å²) in [6.45, 7) is 0.785. The summed E-state index contributed by atoms with van der Waals surface area (Å²) in [5, 5.41) is 0. The Hall–Kier alpha value is -1.56. The Bertz CT molecular complexity index is 605. The summed E-state index contributed by atoms with van der Waals surface area (Å²) < 4.78 is 2.79. The molecular formula is C14H17BrN4O. The minimum atomic E-state index is 0.0555. The molecule has 1 amide bonds. The van der Waals surface area contributed by atoms with Crippen molar-refractivity contribution < 1.29 is 4.79 Å². The number of aryl methyl sites for hydroxylation is 1. The molecule has 20 heavy (non-hydrogen) atoms. The number of carbonyl (C=O) groups is 1. The summed E-state index contributed by atoms with van der Waals surface area (Å²) in [6, 6.07) is 1.93. The van der Waals surface area contributed by atoms with E-state index in [4.69, 9.17) is 0 Å². The fourth-order valence-corrected chi connectivity index (χ4v) is 3.33. The highest BCUT2D eigenvalue weighted by Crippen LogP contribution is 2.30. The van der Waals surface area contributed by atoms with Gasteiger partial charge in [-0.3, -0.25) is 4.79 Å². The largest absolute Gasteiger partial charge is 0.347 e. The molecule has 6 heteroatoms. The number of likely N-dealkylation sites (tertiary alicyclic amines) is 1. The SMILES string of the molecule is Cn1cc(Br)cc1C(=O)N1CCCC[C@H]1c1ncc[nH]1. The summed E-state index contributed by atoms with van der Waals surface area (Å²) in [4.78, 5) is 22.2. The summed E-state index contributed by atoms with van der Waals surface area (Å²) >= 11 is 3.42. The van der Waals surface area contributed by atoms with Crippen LogP contribution in [0.5, 0.6) is 0 Å². The summed E-state index contributed by atoms with van der Waals surface area (Å²) in [7, 11) is 1.89. The Balaban J connectivity index is 1.90. The standard InChI is InChI=1S/C14H17BrN4O/c1-18-9-10(15)8-12(18)14(20)19-7-3-2-4-11(19)13-16-5-6-17-13/h5-6,8-9,11H,2-4,7H2,1H3,(H,16,17)/t11-/m0/s1. The predicted octanol–water partition coefficient (Wildman–Crippen LogP) is 2.88. The molecule has 3 heterocycles. The number of imidazole rings is 1. The van der Waals surface area contributed by atoms with Crippen LogP contribution in [-0.4, -0.2) is 31.9 Å². The normalized spacial score (nSPS) is 19.3. The first-order valence-corrected chi connectivity index (χ1v) is 7.58. The van der Waals surface area contributed by atoms with Crippen molar-refractivity contribution in [2.45, 2.75) is 25.3 Å². The van der Waals surface area contributed by atoms with Gasteiger partial charge in [-0.25, -0.2) is 4.98 Å². The molecule has 1 aliphatic rings. The Kier molecular flexibility index (Phi) is 3.65. The van der Waals surface area contributed by atoms with Gasteiger partial charge in [0.25, 0.3) is 5.91 Å². The van der Waals surface area contributed by atoms with Gasteiger partial charge >= 0.3 is 0 Å². The van der Waals surface area contributed by atoms with Gasteiger partial charge in [-0.2, -0.15) is 0 Å². The highest BCUT2D eigenvalue weighted by atomic mass is 79.9. The fourth-order valence-electron chi connectivity index (χ4n) is 2.80. The number of piperidine rings is 1. The number of halogens is 1. The molecule has 0 bridgehead atoms. The van der Waals surface area contributed by atoms with E-state index < -0.39 is 0 Å². The van der Waals surface area contributed by atoms with E-state index in [1.165, 1.54) is 0 Å². The lowest BCUT2D eigenvalue weighted by molar-refractivity contribution is 0.0591.